The van der Waals surface area contributed by atoms with Crippen molar-refractivity contribution in [3.8, 4) is 0 Å². The van der Waals surface area contributed by atoms with E-state index in [-0.39, 0.29) is 20.4 Å². The van der Waals surface area contributed by atoms with Crippen molar-refractivity contribution >= 4 is 0 Å². The molecule has 0 saturated heterocycles. The van der Waals surface area contributed by atoms with Crippen LogP contribution in [-0.4, -0.2) is 4.19 Å². The van der Waals surface area contributed by atoms with Crippen molar-refractivity contribution in [3.05, 3.63) is 0 Å². The molecule has 0 aromatic carbocycles. The molecule has 0 bridgehead atoms. The van der Waals surface area contributed by atoms with Gasteiger partial charge in [0.15, 0.2) is 0 Å². The smallest absolute Gasteiger partial charge is 0 e. The van der Waals surface area contributed by atoms with E-state index in [0.29, 0.717) is 0 Å². The molecule has 0 aliphatic carbocycles. The van der Waals surface area contributed by atoms with Crippen LogP contribution < -0.4 is 0 Å². The molecule has 0 rings (SSSR count). The van der Waals surface area contributed by atoms with Gasteiger partial charge in [-0.2, -0.15) is 0 Å². The zero-order valence-corrected chi connectivity index (χ0v) is 6.32. The van der Waals surface area contributed by atoms with Crippen molar-refractivity contribution in [1.29, 1.82) is 0 Å². The molecule has 0 saturated carbocycles. The first-order chi connectivity index (χ1) is 2.00. The Bertz CT molecular complexity index is 129. The van der Waals surface area contributed by atoms with Crippen LogP contribution in [0.15, 0.2) is 0 Å². The van der Waals surface area contributed by atoms with Crippen molar-refractivity contribution < 1.29 is 49.1 Å². The summed E-state index contributed by atoms with van der Waals surface area (Å²) in [6, 6.07) is 0. The standard InChI is InChI=1S/Mn.H2O.3O.Re/h;1H2;;;;/q+1;;;;;/p-1. The minimum atomic E-state index is -5.38. The molecular weight excluding hydrogens is 305 g/mol. The molecule has 0 spiro atoms. The molecule has 0 heterocycles. The Morgan fingerprint density at radius 3 is 1.17 bits per heavy atom. The maximum atomic E-state index is 8.69. The summed E-state index contributed by atoms with van der Waals surface area (Å²) in [7, 11) is 0. The minimum absolute atomic E-state index is 0. The van der Waals surface area contributed by atoms with E-state index in [2.05, 4.69) is 0 Å². The van der Waals surface area contributed by atoms with Gasteiger partial charge in [-0.15, -0.1) is 0 Å². The third-order valence-electron chi connectivity index (χ3n) is 0. The van der Waals surface area contributed by atoms with Gasteiger partial charge in [-0.1, -0.05) is 0 Å². The van der Waals surface area contributed by atoms with Crippen LogP contribution in [0.5, 0.6) is 0 Å². The van der Waals surface area contributed by atoms with Gasteiger partial charge in [-0.3, -0.25) is 0 Å². The van der Waals surface area contributed by atoms with Crippen LogP contribution >= 0.6 is 0 Å². The van der Waals surface area contributed by atoms with Crippen LogP contribution in [0.2, 0.25) is 0 Å². The Balaban J connectivity index is 0. The Hall–Kier alpha value is 0.542. The second-order valence-electron chi connectivity index (χ2n) is 0.396. The molecule has 0 fully saturated rings. The third-order valence-corrected chi connectivity index (χ3v) is 0. The van der Waals surface area contributed by atoms with Gasteiger partial charge in [0.05, 0.1) is 0 Å². The zero-order valence-electron chi connectivity index (χ0n) is 2.43. The minimum Gasteiger partial charge on any atom is 0 e. The molecule has 0 unspecified atom stereocenters. The fraction of sp³-hybridized carbons (Fsp3) is 0. The van der Waals surface area contributed by atoms with E-state index < -0.39 is 13.0 Å². The monoisotopic (exact) mass is 307 g/mol. The van der Waals surface area contributed by atoms with Gasteiger partial charge in [0.2, 0.25) is 0 Å². The SMILES string of the molecule is [O]=[Mn](=[O])(=[O])[OH].[Re]. The largest absolute Gasteiger partial charge is 0 e. The molecular formula is HMnO4Re. The second-order valence-corrected chi connectivity index (χ2v) is 1.63. The number of hydrogen-bond donors (Lipinski definition) is 1. The molecule has 4 nitrogen and oxygen atoms in total. The van der Waals surface area contributed by atoms with Crippen LogP contribution in [0.4, 0.5) is 0 Å². The number of hydrogen-bond acceptors (Lipinski definition) is 3. The van der Waals surface area contributed by atoms with E-state index in [1.807, 2.05) is 0 Å². The van der Waals surface area contributed by atoms with Crippen LogP contribution in [0.3, 0.4) is 0 Å². The van der Waals surface area contributed by atoms with Crippen LogP contribution in [0.25, 0.3) is 0 Å². The Morgan fingerprint density at radius 2 is 1.17 bits per heavy atom. The van der Waals surface area contributed by atoms with E-state index in [1.54, 1.807) is 0 Å². The van der Waals surface area contributed by atoms with E-state index in [0.717, 1.165) is 0 Å². The molecule has 0 atom stereocenters. The molecule has 0 aromatic heterocycles. The zero-order chi connectivity index (χ0) is 4.50. The summed E-state index contributed by atoms with van der Waals surface area (Å²) >= 11 is -5.38. The average Bonchev–Trinajstić information content (AvgIpc) is 0.722. The molecule has 0 aromatic rings. The van der Waals surface area contributed by atoms with Crippen LogP contribution in [0.1, 0.15) is 0 Å². The quantitative estimate of drug-likeness (QED) is 0.588. The van der Waals surface area contributed by atoms with Crippen molar-refractivity contribution in [2.75, 3.05) is 0 Å². The summed E-state index contributed by atoms with van der Waals surface area (Å²) in [6.07, 6.45) is 0. The predicted molar refractivity (Wildman–Crippen MR) is 4.28 cm³/mol. The molecule has 1 radical (unpaired) electrons. The second kappa shape index (κ2) is 2.67. The Kier molecular flexibility index (Phi) is 4.34. The molecule has 6 heteroatoms. The third kappa shape index (κ3) is 194. The van der Waals surface area contributed by atoms with E-state index in [9.17, 15) is 0 Å². The fourth-order valence-corrected chi connectivity index (χ4v) is 0. The van der Waals surface area contributed by atoms with Crippen LogP contribution in [0, 0.1) is 0 Å². The fourth-order valence-electron chi connectivity index (χ4n) is 0. The van der Waals surface area contributed by atoms with Crippen molar-refractivity contribution in [1.82, 2.24) is 0 Å². The van der Waals surface area contributed by atoms with Gasteiger partial charge >= 0.3 is 28.7 Å². The summed E-state index contributed by atoms with van der Waals surface area (Å²) in [5.41, 5.74) is 0. The van der Waals surface area contributed by atoms with Gasteiger partial charge in [-0.25, -0.2) is 0 Å². The van der Waals surface area contributed by atoms with Crippen molar-refractivity contribution in [2.45, 2.75) is 0 Å². The van der Waals surface area contributed by atoms with Crippen LogP contribution in [-0.2, 0) is 44.9 Å². The summed E-state index contributed by atoms with van der Waals surface area (Å²) in [5, 5.41) is 0. The van der Waals surface area contributed by atoms with Gasteiger partial charge in [0, 0.05) is 20.4 Å². The number of rotatable bonds is 0. The molecule has 0 aliphatic heterocycles. The first-order valence-electron chi connectivity index (χ1n) is 0.632. The van der Waals surface area contributed by atoms with Gasteiger partial charge in [0.1, 0.15) is 0 Å². The summed E-state index contributed by atoms with van der Waals surface area (Å²) < 4.78 is 33.1. The van der Waals surface area contributed by atoms with Crippen molar-refractivity contribution in [3.63, 3.8) is 0 Å². The van der Waals surface area contributed by atoms with E-state index in [1.165, 1.54) is 0 Å². The molecule has 1 N–H and O–H groups in total. The normalized spacial score (nSPS) is 9.50. The van der Waals surface area contributed by atoms with E-state index in [4.69, 9.17) is 15.7 Å². The summed E-state index contributed by atoms with van der Waals surface area (Å²) in [4.78, 5) is 0. The molecule has 0 amide bonds. The maximum Gasteiger partial charge on any atom is 0 e. The predicted octanol–water partition coefficient (Wildman–Crippen LogP) is -0.918. The van der Waals surface area contributed by atoms with Gasteiger partial charge in [-0.05, 0) is 0 Å². The molecule has 0 aliphatic rings. The Labute approximate surface area is 49.4 Å². The first kappa shape index (κ1) is 9.74. The van der Waals surface area contributed by atoms with Gasteiger partial charge < -0.3 is 0 Å². The summed E-state index contributed by atoms with van der Waals surface area (Å²) in [6.45, 7) is 0. The van der Waals surface area contributed by atoms with Crippen molar-refractivity contribution in [2.24, 2.45) is 0 Å². The topological polar surface area (TPSA) is 71.4 Å². The van der Waals surface area contributed by atoms with E-state index >= 15 is 0 Å². The molecule has 6 heavy (non-hydrogen) atoms. The summed E-state index contributed by atoms with van der Waals surface area (Å²) in [5.74, 6) is 0. The average molecular weight is 306 g/mol. The first-order valence-corrected chi connectivity index (χ1v) is 2.61. The van der Waals surface area contributed by atoms with Gasteiger partial charge in [0.25, 0.3) is 0 Å². The molecule has 39 valence electrons. The maximum absolute atomic E-state index is 8.69. The Morgan fingerprint density at radius 1 is 1.17 bits per heavy atom.